The Kier molecular flexibility index (Phi) is 9.33. The minimum Gasteiger partial charge on any atom is -0.310 e. The molecule has 1 aliphatic heterocycles. The van der Waals surface area contributed by atoms with Crippen LogP contribution in [0.25, 0.3) is 64.7 Å². The van der Waals surface area contributed by atoms with Crippen LogP contribution in [0.2, 0.25) is 0 Å². The minimum atomic E-state index is -0.593. The van der Waals surface area contributed by atoms with Gasteiger partial charge < -0.3 is 9.80 Å². The van der Waals surface area contributed by atoms with Gasteiger partial charge in [0.05, 0.1) is 22.5 Å². The number of para-hydroxylation sites is 4. The molecule has 0 radical (unpaired) electrons. The highest BCUT2D eigenvalue weighted by Crippen LogP contribution is 2.64. The average molecular weight is 909 g/mol. The molecular formula is C67H44N2S. The van der Waals surface area contributed by atoms with Crippen LogP contribution in [0, 0.1) is 0 Å². The summed E-state index contributed by atoms with van der Waals surface area (Å²) in [5.74, 6) is 0. The molecule has 14 rings (SSSR count). The molecule has 11 aromatic carbocycles. The van der Waals surface area contributed by atoms with E-state index in [0.29, 0.717) is 0 Å². The Bertz CT molecular complexity index is 3920. The molecule has 0 saturated heterocycles. The van der Waals surface area contributed by atoms with Crippen LogP contribution in [0.3, 0.4) is 0 Å². The van der Waals surface area contributed by atoms with E-state index in [2.05, 4.69) is 277 Å². The van der Waals surface area contributed by atoms with Crippen LogP contribution in [0.4, 0.5) is 34.1 Å². The van der Waals surface area contributed by atoms with Gasteiger partial charge in [-0.05, 0) is 134 Å². The highest BCUT2D eigenvalue weighted by Gasteiger charge is 2.51. The summed E-state index contributed by atoms with van der Waals surface area (Å²) in [6.45, 7) is 0. The Balaban J connectivity index is 0.984. The van der Waals surface area contributed by atoms with Crippen molar-refractivity contribution < 1.29 is 0 Å². The van der Waals surface area contributed by atoms with E-state index in [1.807, 2.05) is 11.3 Å². The summed E-state index contributed by atoms with van der Waals surface area (Å²) in [5.41, 5.74) is 21.0. The molecule has 3 heteroatoms. The molecule has 0 amide bonds. The predicted molar refractivity (Wildman–Crippen MR) is 296 cm³/mol. The lowest BCUT2D eigenvalue weighted by Gasteiger charge is -2.45. The smallest absolute Gasteiger partial charge is 0.0755 e. The van der Waals surface area contributed by atoms with Crippen LogP contribution in [0.15, 0.2) is 267 Å². The maximum atomic E-state index is 2.50. The molecule has 2 heterocycles. The number of anilines is 6. The van der Waals surface area contributed by atoms with Crippen LogP contribution in [-0.4, -0.2) is 0 Å². The molecule has 0 N–H and O–H groups in total. The quantitative estimate of drug-likeness (QED) is 0.157. The Morgan fingerprint density at radius 2 is 0.857 bits per heavy atom. The number of hydrogen-bond donors (Lipinski definition) is 0. The molecule has 70 heavy (non-hydrogen) atoms. The van der Waals surface area contributed by atoms with Crippen LogP contribution >= 0.6 is 11.3 Å². The van der Waals surface area contributed by atoms with E-state index < -0.39 is 5.41 Å². The predicted octanol–water partition coefficient (Wildman–Crippen LogP) is 18.7. The second-order valence-electron chi connectivity index (χ2n) is 18.4. The second-order valence-corrected chi connectivity index (χ2v) is 19.5. The first-order chi connectivity index (χ1) is 34.7. The first-order valence-corrected chi connectivity index (χ1v) is 24.9. The second kappa shape index (κ2) is 16.2. The number of rotatable bonds is 7. The van der Waals surface area contributed by atoms with Crippen molar-refractivity contribution in [1.29, 1.82) is 0 Å². The van der Waals surface area contributed by atoms with Crippen molar-refractivity contribution in [2.24, 2.45) is 0 Å². The minimum absolute atomic E-state index is 0.593. The summed E-state index contributed by atoms with van der Waals surface area (Å²) < 4.78 is 2.63. The molecule has 0 saturated carbocycles. The van der Waals surface area contributed by atoms with Crippen molar-refractivity contribution in [3.63, 3.8) is 0 Å². The zero-order valence-corrected chi connectivity index (χ0v) is 39.0. The molecule has 1 spiro atoms. The Morgan fingerprint density at radius 3 is 1.64 bits per heavy atom. The van der Waals surface area contributed by atoms with Gasteiger partial charge in [0, 0.05) is 42.8 Å². The molecular weight excluding hydrogens is 865 g/mol. The van der Waals surface area contributed by atoms with Gasteiger partial charge in [-0.3, -0.25) is 0 Å². The van der Waals surface area contributed by atoms with Crippen molar-refractivity contribution in [3.8, 4) is 44.5 Å². The molecule has 0 fully saturated rings. The van der Waals surface area contributed by atoms with E-state index >= 15 is 0 Å². The normalized spacial score (nSPS) is 12.9. The summed E-state index contributed by atoms with van der Waals surface area (Å²) in [4.78, 5) is 4.93. The third-order valence-electron chi connectivity index (χ3n) is 14.7. The van der Waals surface area contributed by atoms with Crippen molar-refractivity contribution in [1.82, 2.24) is 0 Å². The lowest BCUT2D eigenvalue weighted by molar-refractivity contribution is 0.752. The van der Waals surface area contributed by atoms with E-state index in [4.69, 9.17) is 0 Å². The highest BCUT2D eigenvalue weighted by molar-refractivity contribution is 7.25. The lowest BCUT2D eigenvalue weighted by Crippen LogP contribution is -2.36. The van der Waals surface area contributed by atoms with Gasteiger partial charge in [0.1, 0.15) is 0 Å². The van der Waals surface area contributed by atoms with Gasteiger partial charge in [-0.15, -0.1) is 11.3 Å². The molecule has 328 valence electrons. The molecule has 0 atom stereocenters. The third kappa shape index (κ3) is 6.19. The maximum Gasteiger partial charge on any atom is 0.0755 e. The fourth-order valence-electron chi connectivity index (χ4n) is 11.6. The van der Waals surface area contributed by atoms with Crippen molar-refractivity contribution in [2.75, 3.05) is 9.80 Å². The topological polar surface area (TPSA) is 6.48 Å². The third-order valence-corrected chi connectivity index (χ3v) is 15.8. The molecule has 12 aromatic rings. The van der Waals surface area contributed by atoms with Gasteiger partial charge in [0.2, 0.25) is 0 Å². The van der Waals surface area contributed by atoms with E-state index in [0.717, 1.165) is 33.9 Å². The first-order valence-electron chi connectivity index (χ1n) is 24.1. The number of fused-ring (bicyclic) bond motifs is 12. The summed E-state index contributed by atoms with van der Waals surface area (Å²) >= 11 is 1.87. The van der Waals surface area contributed by atoms with Gasteiger partial charge >= 0.3 is 0 Å². The van der Waals surface area contributed by atoms with E-state index in [-0.39, 0.29) is 0 Å². The first kappa shape index (κ1) is 40.3. The molecule has 1 aliphatic carbocycles. The van der Waals surface area contributed by atoms with Crippen molar-refractivity contribution in [3.05, 3.63) is 289 Å². The molecule has 1 aromatic heterocycles. The average Bonchev–Trinajstić information content (AvgIpc) is 3.95. The van der Waals surface area contributed by atoms with Gasteiger partial charge in [0.25, 0.3) is 0 Å². The fraction of sp³-hybridized carbons (Fsp3) is 0.0149. The fourth-order valence-corrected chi connectivity index (χ4v) is 12.8. The lowest BCUT2D eigenvalue weighted by atomic mass is 9.64. The van der Waals surface area contributed by atoms with Crippen LogP contribution in [0.1, 0.15) is 22.3 Å². The van der Waals surface area contributed by atoms with Gasteiger partial charge in [-0.2, -0.15) is 0 Å². The SMILES string of the molecule is c1ccc(-c2cccc(-c3ccccc3N(c3ccc(-c4ccc5c(c4)sc4ccccc45)cc3)c3ccc4c(c3)C3(c5ccccc5-4)c4ccccc4N(c4ccccc4)c4ccccc43)c2)cc1. The highest BCUT2D eigenvalue weighted by atomic mass is 32.1. The zero-order chi connectivity index (χ0) is 46.2. The van der Waals surface area contributed by atoms with E-state index in [1.54, 1.807) is 0 Å². The van der Waals surface area contributed by atoms with Crippen LogP contribution < -0.4 is 9.80 Å². The molecule has 0 unspecified atom stereocenters. The zero-order valence-electron chi connectivity index (χ0n) is 38.2. The van der Waals surface area contributed by atoms with Gasteiger partial charge in [0.15, 0.2) is 0 Å². The monoisotopic (exact) mass is 908 g/mol. The van der Waals surface area contributed by atoms with Crippen LogP contribution in [0.5, 0.6) is 0 Å². The largest absolute Gasteiger partial charge is 0.310 e. The summed E-state index contributed by atoms with van der Waals surface area (Å²) in [6.07, 6.45) is 0. The van der Waals surface area contributed by atoms with E-state index in [9.17, 15) is 0 Å². The number of hydrogen-bond acceptors (Lipinski definition) is 3. The van der Waals surface area contributed by atoms with Gasteiger partial charge in [-0.25, -0.2) is 0 Å². The van der Waals surface area contributed by atoms with E-state index in [1.165, 1.54) is 87.2 Å². The maximum absolute atomic E-state index is 2.50. The van der Waals surface area contributed by atoms with Crippen LogP contribution in [-0.2, 0) is 5.41 Å². The summed E-state index contributed by atoms with van der Waals surface area (Å²) in [5, 5.41) is 2.63. The summed E-state index contributed by atoms with van der Waals surface area (Å²) in [6, 6.07) is 98.7. The number of thiophene rings is 1. The molecule has 2 nitrogen and oxygen atoms in total. The van der Waals surface area contributed by atoms with Crippen molar-refractivity contribution in [2.45, 2.75) is 5.41 Å². The Hall–Kier alpha value is -8.76. The van der Waals surface area contributed by atoms with Gasteiger partial charge in [-0.1, -0.05) is 194 Å². The molecule has 2 aliphatic rings. The standard InChI is InChI=1S/C67H44N2S/c1-3-18-45(19-4-1)47-20-17-21-49(42-47)53-24-8-13-30-62(53)68(51-37-34-46(35-38-51)48-36-40-57-56-26-9-16-33-65(56)70-66(57)43-48)52-39-41-55-54-25-7-10-27-58(54)67(61(55)44-52)59-28-11-14-31-63(59)69(50-22-5-2-6-23-50)64-32-15-12-29-60(64)67/h1-44H. The number of nitrogens with zero attached hydrogens (tertiary/aromatic N) is 2. The summed E-state index contributed by atoms with van der Waals surface area (Å²) in [7, 11) is 0. The van der Waals surface area contributed by atoms with Crippen molar-refractivity contribution >= 4 is 65.6 Å². The Labute approximate surface area is 412 Å². The Morgan fingerprint density at radius 1 is 0.314 bits per heavy atom. The molecule has 0 bridgehead atoms. The number of benzene rings is 11.